The van der Waals surface area contributed by atoms with Crippen LogP contribution in [0.4, 0.5) is 0 Å². The van der Waals surface area contributed by atoms with Crippen molar-refractivity contribution < 1.29 is 5.11 Å². The lowest BCUT2D eigenvalue weighted by Crippen LogP contribution is -2.44. The first kappa shape index (κ1) is 13.8. The molecule has 2 heterocycles. The number of rotatable bonds is 2. The van der Waals surface area contributed by atoms with Crippen LogP contribution in [0.2, 0.25) is 0 Å². The predicted octanol–water partition coefficient (Wildman–Crippen LogP) is 2.31. The number of likely N-dealkylation sites (tertiary alicyclic amines) is 1. The van der Waals surface area contributed by atoms with E-state index in [2.05, 4.69) is 20.8 Å². The second kappa shape index (κ2) is 5.73. The predicted molar refractivity (Wildman–Crippen MR) is 82.4 cm³/mol. The first-order valence-electron chi connectivity index (χ1n) is 8.79. The van der Waals surface area contributed by atoms with Crippen LogP contribution in [0.25, 0.3) is 0 Å². The molecule has 1 aromatic rings. The minimum Gasteiger partial charge on any atom is -0.391 e. The lowest BCUT2D eigenvalue weighted by atomic mass is 9.91. The molecular formula is C17H27N3O. The Morgan fingerprint density at radius 2 is 1.90 bits per heavy atom. The zero-order chi connectivity index (χ0) is 14.2. The average Bonchev–Trinajstić information content (AvgIpc) is 3.14. The van der Waals surface area contributed by atoms with Crippen molar-refractivity contribution in [3.05, 3.63) is 17.7 Å². The first-order valence-corrected chi connectivity index (χ1v) is 8.79. The molecule has 0 radical (unpaired) electrons. The van der Waals surface area contributed by atoms with Crippen LogP contribution in [0.15, 0.2) is 6.33 Å². The number of fused-ring (bicyclic) bond motifs is 1. The Morgan fingerprint density at radius 3 is 2.81 bits per heavy atom. The summed E-state index contributed by atoms with van der Waals surface area (Å²) in [5, 5.41) is 10.3. The van der Waals surface area contributed by atoms with Gasteiger partial charge in [0.15, 0.2) is 0 Å². The van der Waals surface area contributed by atoms with Gasteiger partial charge in [-0.05, 0) is 44.9 Å². The molecule has 116 valence electrons. The average molecular weight is 289 g/mol. The van der Waals surface area contributed by atoms with Crippen molar-refractivity contribution in [3.63, 3.8) is 0 Å². The molecule has 4 heteroatoms. The second-order valence-corrected chi connectivity index (χ2v) is 7.11. The molecule has 0 aromatic carbocycles. The van der Waals surface area contributed by atoms with E-state index in [0.29, 0.717) is 12.1 Å². The van der Waals surface area contributed by atoms with Crippen LogP contribution >= 0.6 is 0 Å². The normalized spacial score (nSPS) is 34.0. The summed E-state index contributed by atoms with van der Waals surface area (Å²) in [6.45, 7) is 2.24. The number of imidazole rings is 1. The minimum absolute atomic E-state index is 0.103. The van der Waals surface area contributed by atoms with Crippen molar-refractivity contribution in [1.82, 2.24) is 14.5 Å². The Morgan fingerprint density at radius 1 is 1.05 bits per heavy atom. The lowest BCUT2D eigenvalue weighted by molar-refractivity contribution is 0.0296. The fourth-order valence-corrected chi connectivity index (χ4v) is 4.62. The summed E-state index contributed by atoms with van der Waals surface area (Å²) in [6.07, 6.45) is 12.8. The Bertz CT molecular complexity index is 498. The number of nitrogens with zero attached hydrogens (tertiary/aromatic N) is 3. The van der Waals surface area contributed by atoms with Gasteiger partial charge in [-0.3, -0.25) is 4.90 Å². The molecule has 1 saturated carbocycles. The Balaban J connectivity index is 1.47. The highest BCUT2D eigenvalue weighted by Gasteiger charge is 2.35. The van der Waals surface area contributed by atoms with E-state index in [4.69, 9.17) is 0 Å². The third-order valence-electron chi connectivity index (χ3n) is 5.81. The van der Waals surface area contributed by atoms with E-state index in [1.165, 1.54) is 62.8 Å². The summed E-state index contributed by atoms with van der Waals surface area (Å²) in [6, 6.07) is 0.983. The molecule has 3 unspecified atom stereocenters. The smallest absolute Gasteiger partial charge is 0.0954 e. The highest BCUT2D eigenvalue weighted by atomic mass is 16.3. The van der Waals surface area contributed by atoms with E-state index in [9.17, 15) is 5.11 Å². The quantitative estimate of drug-likeness (QED) is 0.908. The molecule has 0 spiro atoms. The molecule has 3 atom stereocenters. The molecule has 4 rings (SSSR count). The van der Waals surface area contributed by atoms with Crippen LogP contribution in [0, 0.1) is 0 Å². The van der Waals surface area contributed by atoms with E-state index in [-0.39, 0.29) is 6.10 Å². The Labute approximate surface area is 127 Å². The van der Waals surface area contributed by atoms with Crippen LogP contribution in [0.3, 0.4) is 0 Å². The lowest BCUT2D eigenvalue weighted by Gasteiger charge is -2.35. The van der Waals surface area contributed by atoms with Gasteiger partial charge >= 0.3 is 0 Å². The monoisotopic (exact) mass is 289 g/mol. The molecule has 21 heavy (non-hydrogen) atoms. The summed E-state index contributed by atoms with van der Waals surface area (Å²) in [4.78, 5) is 7.19. The maximum Gasteiger partial charge on any atom is 0.0954 e. The van der Waals surface area contributed by atoms with E-state index in [1.807, 2.05) is 0 Å². The van der Waals surface area contributed by atoms with Crippen molar-refractivity contribution in [2.75, 3.05) is 13.1 Å². The van der Waals surface area contributed by atoms with Crippen LogP contribution in [-0.4, -0.2) is 44.8 Å². The Kier molecular flexibility index (Phi) is 3.76. The molecule has 0 amide bonds. The first-order chi connectivity index (χ1) is 10.3. The van der Waals surface area contributed by atoms with E-state index < -0.39 is 0 Å². The molecule has 0 bridgehead atoms. The number of aliphatic hydroxyl groups is 1. The van der Waals surface area contributed by atoms with Crippen molar-refractivity contribution in [2.45, 2.75) is 76.0 Å². The SMILES string of the molecule is OC1CCCCC1N1CCC(n2cnc3c2CCCC3)C1. The molecule has 2 aliphatic carbocycles. The molecule has 1 aromatic heterocycles. The molecule has 2 fully saturated rings. The van der Waals surface area contributed by atoms with Gasteiger partial charge in [-0.25, -0.2) is 4.98 Å². The summed E-state index contributed by atoms with van der Waals surface area (Å²) in [5.41, 5.74) is 2.84. The number of aryl methyl sites for hydroxylation is 1. The van der Waals surface area contributed by atoms with Gasteiger partial charge < -0.3 is 9.67 Å². The van der Waals surface area contributed by atoms with Gasteiger partial charge in [0.25, 0.3) is 0 Å². The van der Waals surface area contributed by atoms with Gasteiger partial charge in [0.2, 0.25) is 0 Å². The maximum atomic E-state index is 10.3. The highest BCUT2D eigenvalue weighted by Crippen LogP contribution is 2.32. The summed E-state index contributed by atoms with van der Waals surface area (Å²) in [7, 11) is 0. The van der Waals surface area contributed by atoms with Gasteiger partial charge in [-0.1, -0.05) is 12.8 Å². The molecule has 1 N–H and O–H groups in total. The van der Waals surface area contributed by atoms with Crippen LogP contribution < -0.4 is 0 Å². The zero-order valence-electron chi connectivity index (χ0n) is 12.9. The molecule has 3 aliphatic rings. The highest BCUT2D eigenvalue weighted by molar-refractivity contribution is 5.17. The second-order valence-electron chi connectivity index (χ2n) is 7.11. The van der Waals surface area contributed by atoms with Gasteiger partial charge in [0.1, 0.15) is 0 Å². The number of aliphatic hydroxyl groups excluding tert-OH is 1. The molecular weight excluding hydrogens is 262 g/mol. The van der Waals surface area contributed by atoms with Crippen molar-refractivity contribution in [1.29, 1.82) is 0 Å². The fraction of sp³-hybridized carbons (Fsp3) is 0.824. The Hall–Kier alpha value is -0.870. The van der Waals surface area contributed by atoms with Gasteiger partial charge in [-0.2, -0.15) is 0 Å². The minimum atomic E-state index is -0.103. The van der Waals surface area contributed by atoms with Crippen LogP contribution in [0.1, 0.15) is 62.4 Å². The van der Waals surface area contributed by atoms with E-state index in [1.54, 1.807) is 0 Å². The topological polar surface area (TPSA) is 41.3 Å². The zero-order valence-corrected chi connectivity index (χ0v) is 12.9. The van der Waals surface area contributed by atoms with E-state index in [0.717, 1.165) is 19.5 Å². The summed E-state index contributed by atoms with van der Waals surface area (Å²) < 4.78 is 2.46. The van der Waals surface area contributed by atoms with Crippen LogP contribution in [0.5, 0.6) is 0 Å². The molecule has 4 nitrogen and oxygen atoms in total. The van der Waals surface area contributed by atoms with Gasteiger partial charge in [-0.15, -0.1) is 0 Å². The maximum absolute atomic E-state index is 10.3. The third kappa shape index (κ3) is 2.53. The molecule has 1 aliphatic heterocycles. The van der Waals surface area contributed by atoms with Gasteiger partial charge in [0, 0.05) is 30.9 Å². The largest absolute Gasteiger partial charge is 0.391 e. The van der Waals surface area contributed by atoms with Crippen molar-refractivity contribution in [3.8, 4) is 0 Å². The third-order valence-corrected chi connectivity index (χ3v) is 5.81. The summed E-state index contributed by atoms with van der Waals surface area (Å²) >= 11 is 0. The molecule has 1 saturated heterocycles. The van der Waals surface area contributed by atoms with Crippen molar-refractivity contribution in [2.24, 2.45) is 0 Å². The number of hydrogen-bond acceptors (Lipinski definition) is 3. The fourth-order valence-electron chi connectivity index (χ4n) is 4.62. The van der Waals surface area contributed by atoms with Crippen molar-refractivity contribution >= 4 is 0 Å². The van der Waals surface area contributed by atoms with E-state index >= 15 is 0 Å². The van der Waals surface area contributed by atoms with Crippen LogP contribution in [-0.2, 0) is 12.8 Å². The van der Waals surface area contributed by atoms with Gasteiger partial charge in [0.05, 0.1) is 18.1 Å². The number of hydrogen-bond donors (Lipinski definition) is 1. The number of aromatic nitrogens is 2. The standard InChI is InChI=1S/C17H27N3O/c21-17-8-4-3-7-16(17)19-10-9-13(11-19)20-12-18-14-5-1-2-6-15(14)20/h12-13,16-17,21H,1-11H2. The summed E-state index contributed by atoms with van der Waals surface area (Å²) in [5.74, 6) is 0.